The first-order valence-corrected chi connectivity index (χ1v) is 5.62. The van der Waals surface area contributed by atoms with E-state index in [1.807, 2.05) is 0 Å². The summed E-state index contributed by atoms with van der Waals surface area (Å²) in [5.74, 6) is -2.48. The van der Waals surface area contributed by atoms with Crippen LogP contribution in [0.25, 0.3) is 0 Å². The summed E-state index contributed by atoms with van der Waals surface area (Å²) in [6.45, 7) is 0. The predicted molar refractivity (Wildman–Crippen MR) is 59.9 cm³/mol. The molecule has 0 aliphatic heterocycles. The molecule has 10 heteroatoms. The van der Waals surface area contributed by atoms with Gasteiger partial charge in [-0.15, -0.1) is 13.2 Å². The average molecular weight is 397 g/mol. The third-order valence-corrected chi connectivity index (χ3v) is 3.06. The summed E-state index contributed by atoms with van der Waals surface area (Å²) in [5, 5.41) is 8.53. The Balaban J connectivity index is 3.27. The Kier molecular flexibility index (Phi) is 4.87. The molecule has 4 nitrogen and oxygen atoms in total. The third kappa shape index (κ3) is 4.44. The van der Waals surface area contributed by atoms with Crippen LogP contribution in [0.2, 0.25) is 0 Å². The third-order valence-electron chi connectivity index (χ3n) is 1.86. The van der Waals surface area contributed by atoms with Gasteiger partial charge in [0.2, 0.25) is 0 Å². The van der Waals surface area contributed by atoms with Crippen LogP contribution in [0.4, 0.5) is 22.0 Å². The second-order valence-electron chi connectivity index (χ2n) is 3.22. The molecule has 1 aromatic rings. The zero-order valence-electron chi connectivity index (χ0n) is 8.84. The van der Waals surface area contributed by atoms with E-state index in [9.17, 15) is 26.7 Å². The molecule has 0 aromatic carbocycles. The van der Waals surface area contributed by atoms with Gasteiger partial charge in [0, 0.05) is 3.57 Å². The number of alkyl halides is 5. The van der Waals surface area contributed by atoms with Crippen molar-refractivity contribution in [2.24, 2.45) is 0 Å². The highest BCUT2D eigenvalue weighted by molar-refractivity contribution is 14.1. The van der Waals surface area contributed by atoms with E-state index in [0.29, 0.717) is 6.20 Å². The van der Waals surface area contributed by atoms with Crippen molar-refractivity contribution in [3.8, 4) is 5.75 Å². The van der Waals surface area contributed by atoms with Gasteiger partial charge >= 0.3 is 12.3 Å². The van der Waals surface area contributed by atoms with Crippen LogP contribution in [-0.2, 0) is 11.2 Å². The molecule has 1 heterocycles. The standard InChI is InChI=1S/C9H5F5INO3/c10-8(11)6-4(19-9(12,13)14)2-16-3(7(6)15)1-5(17)18/h2,8H,1H2,(H,17,18). The monoisotopic (exact) mass is 397 g/mol. The largest absolute Gasteiger partial charge is 0.573 e. The molecule has 0 radical (unpaired) electrons. The van der Waals surface area contributed by atoms with Crippen molar-refractivity contribution in [2.75, 3.05) is 0 Å². The lowest BCUT2D eigenvalue weighted by atomic mass is 10.2. The number of rotatable bonds is 4. The lowest BCUT2D eigenvalue weighted by molar-refractivity contribution is -0.275. The number of aliphatic carboxylic acids is 1. The number of halogens is 6. The summed E-state index contributed by atoms with van der Waals surface area (Å²) in [4.78, 5) is 13.9. The summed E-state index contributed by atoms with van der Waals surface area (Å²) in [6, 6.07) is 0. The summed E-state index contributed by atoms with van der Waals surface area (Å²) in [7, 11) is 0. The number of ether oxygens (including phenoxy) is 1. The molecule has 0 aliphatic carbocycles. The van der Waals surface area contributed by atoms with E-state index in [0.717, 1.165) is 0 Å². The van der Waals surface area contributed by atoms with Crippen LogP contribution in [0.15, 0.2) is 6.20 Å². The minimum absolute atomic E-state index is 0.252. The van der Waals surface area contributed by atoms with Gasteiger partial charge in [0.25, 0.3) is 6.43 Å². The molecule has 0 atom stereocenters. The Morgan fingerprint density at radius 3 is 2.47 bits per heavy atom. The van der Waals surface area contributed by atoms with Crippen molar-refractivity contribution in [3.63, 3.8) is 0 Å². The first-order valence-electron chi connectivity index (χ1n) is 4.54. The zero-order valence-corrected chi connectivity index (χ0v) is 11.0. The quantitative estimate of drug-likeness (QED) is 0.627. The van der Waals surface area contributed by atoms with E-state index in [2.05, 4.69) is 9.72 Å². The van der Waals surface area contributed by atoms with E-state index < -0.39 is 36.5 Å². The normalized spacial score (nSPS) is 11.7. The van der Waals surface area contributed by atoms with Crippen molar-refractivity contribution in [1.82, 2.24) is 4.98 Å². The summed E-state index contributed by atoms with van der Waals surface area (Å²) >= 11 is 1.31. The predicted octanol–water partition coefficient (Wildman–Crippen LogP) is 3.15. The molecule has 0 saturated carbocycles. The fraction of sp³-hybridized carbons (Fsp3) is 0.333. The minimum Gasteiger partial charge on any atom is -0.481 e. The van der Waals surface area contributed by atoms with Crippen molar-refractivity contribution in [2.45, 2.75) is 19.2 Å². The SMILES string of the molecule is O=C(O)Cc1ncc(OC(F)(F)F)c(C(F)F)c1I. The summed E-state index contributed by atoms with van der Waals surface area (Å²) in [5.41, 5.74) is -1.28. The van der Waals surface area contributed by atoms with E-state index in [1.54, 1.807) is 0 Å². The molecule has 1 N–H and O–H groups in total. The maximum atomic E-state index is 12.8. The van der Waals surface area contributed by atoms with Gasteiger partial charge in [0.15, 0.2) is 5.75 Å². The second-order valence-corrected chi connectivity index (χ2v) is 4.29. The zero-order chi connectivity index (χ0) is 14.8. The smallest absolute Gasteiger partial charge is 0.481 e. The van der Waals surface area contributed by atoms with E-state index in [-0.39, 0.29) is 9.26 Å². The van der Waals surface area contributed by atoms with E-state index >= 15 is 0 Å². The highest BCUT2D eigenvalue weighted by Gasteiger charge is 2.34. The van der Waals surface area contributed by atoms with Crippen molar-refractivity contribution in [3.05, 3.63) is 21.0 Å². The first kappa shape index (κ1) is 15.9. The summed E-state index contributed by atoms with van der Waals surface area (Å²) < 4.78 is 64.7. The van der Waals surface area contributed by atoms with Gasteiger partial charge in [-0.25, -0.2) is 8.78 Å². The van der Waals surface area contributed by atoms with Crippen molar-refractivity contribution < 1.29 is 36.6 Å². The van der Waals surface area contributed by atoms with Crippen LogP contribution in [0.1, 0.15) is 17.7 Å². The van der Waals surface area contributed by atoms with Crippen molar-refractivity contribution in [1.29, 1.82) is 0 Å². The van der Waals surface area contributed by atoms with Crippen LogP contribution in [0.3, 0.4) is 0 Å². The molecule has 0 fully saturated rings. The van der Waals surface area contributed by atoms with Gasteiger partial charge in [-0.05, 0) is 22.6 Å². The minimum atomic E-state index is -5.14. The Morgan fingerprint density at radius 1 is 1.47 bits per heavy atom. The van der Waals surface area contributed by atoms with Crippen LogP contribution in [0.5, 0.6) is 5.75 Å². The maximum Gasteiger partial charge on any atom is 0.573 e. The van der Waals surface area contributed by atoms with Crippen LogP contribution in [-0.4, -0.2) is 22.4 Å². The topological polar surface area (TPSA) is 59.4 Å². The number of carboxylic acids is 1. The molecule has 0 aliphatic rings. The van der Waals surface area contributed by atoms with Gasteiger partial charge in [-0.1, -0.05) is 0 Å². The molecule has 1 aromatic heterocycles. The number of carbonyl (C=O) groups is 1. The lowest BCUT2D eigenvalue weighted by Crippen LogP contribution is -2.19. The molecule has 0 amide bonds. The van der Waals surface area contributed by atoms with Crippen molar-refractivity contribution >= 4 is 28.6 Å². The van der Waals surface area contributed by atoms with Gasteiger partial charge in [0.05, 0.1) is 23.9 Å². The molecule has 0 bridgehead atoms. The fourth-order valence-electron chi connectivity index (χ4n) is 1.20. The molecule has 106 valence electrons. The molecule has 19 heavy (non-hydrogen) atoms. The summed E-state index contributed by atoms with van der Waals surface area (Å²) in [6.07, 6.45) is -8.62. The van der Waals surface area contributed by atoms with Gasteiger partial charge in [-0.2, -0.15) is 0 Å². The van der Waals surface area contributed by atoms with Crippen LogP contribution >= 0.6 is 22.6 Å². The number of hydrogen-bond donors (Lipinski definition) is 1. The number of pyridine rings is 1. The second kappa shape index (κ2) is 5.84. The number of nitrogens with zero attached hydrogens (tertiary/aromatic N) is 1. The molecule has 0 unspecified atom stereocenters. The van der Waals surface area contributed by atoms with Crippen LogP contribution in [0, 0.1) is 3.57 Å². The number of hydrogen-bond acceptors (Lipinski definition) is 3. The Hall–Kier alpha value is -1.20. The molecular weight excluding hydrogens is 392 g/mol. The van der Waals surface area contributed by atoms with E-state index in [1.165, 1.54) is 22.6 Å². The Bertz CT molecular complexity index is 491. The fourth-order valence-corrected chi connectivity index (χ4v) is 2.03. The molecule has 1 rings (SSSR count). The average Bonchev–Trinajstić information content (AvgIpc) is 2.19. The first-order chi connectivity index (χ1) is 8.61. The molecular formula is C9H5F5INO3. The maximum absolute atomic E-state index is 12.8. The Morgan fingerprint density at radius 2 is 2.05 bits per heavy atom. The molecule has 0 spiro atoms. The van der Waals surface area contributed by atoms with Gasteiger partial charge in [-0.3, -0.25) is 9.78 Å². The number of aromatic nitrogens is 1. The van der Waals surface area contributed by atoms with Gasteiger partial charge < -0.3 is 9.84 Å². The molecule has 0 saturated heterocycles. The van der Waals surface area contributed by atoms with Gasteiger partial charge in [0.1, 0.15) is 0 Å². The number of carboxylic acid groups (broad SMARTS) is 1. The lowest BCUT2D eigenvalue weighted by Gasteiger charge is -2.15. The van der Waals surface area contributed by atoms with E-state index in [4.69, 9.17) is 5.11 Å². The van der Waals surface area contributed by atoms with Crippen LogP contribution < -0.4 is 4.74 Å². The highest BCUT2D eigenvalue weighted by Crippen LogP contribution is 2.36. The highest BCUT2D eigenvalue weighted by atomic mass is 127. The Labute approximate surface area is 116 Å².